The van der Waals surface area contributed by atoms with Gasteiger partial charge in [0, 0.05) is 0 Å². The third-order valence-electron chi connectivity index (χ3n) is 1.15. The molecule has 0 bridgehead atoms. The SMILES string of the molecule is C#CC1OC(=O)CC1O. The van der Waals surface area contributed by atoms with Gasteiger partial charge in [0.25, 0.3) is 0 Å². The molecule has 2 unspecified atom stereocenters. The van der Waals surface area contributed by atoms with Crippen LogP contribution in [-0.2, 0) is 9.53 Å². The molecule has 0 radical (unpaired) electrons. The maximum Gasteiger partial charge on any atom is 0.309 e. The lowest BCUT2D eigenvalue weighted by Crippen LogP contribution is -2.17. The van der Waals surface area contributed by atoms with Crippen molar-refractivity contribution in [1.29, 1.82) is 0 Å². The zero-order valence-corrected chi connectivity index (χ0v) is 4.70. The molecule has 1 saturated heterocycles. The van der Waals surface area contributed by atoms with Crippen molar-refractivity contribution in [2.45, 2.75) is 18.6 Å². The fourth-order valence-electron chi connectivity index (χ4n) is 0.691. The van der Waals surface area contributed by atoms with Gasteiger partial charge in [0.1, 0.15) is 6.10 Å². The van der Waals surface area contributed by atoms with Crippen LogP contribution in [0, 0.1) is 12.3 Å². The van der Waals surface area contributed by atoms with E-state index in [1.54, 1.807) is 0 Å². The number of cyclic esters (lactones) is 1. The Labute approximate surface area is 52.6 Å². The fraction of sp³-hybridized carbons (Fsp3) is 0.500. The maximum absolute atomic E-state index is 10.3. The van der Waals surface area contributed by atoms with Crippen LogP contribution < -0.4 is 0 Å². The molecular weight excluding hydrogens is 120 g/mol. The van der Waals surface area contributed by atoms with Crippen LogP contribution in [0.3, 0.4) is 0 Å². The van der Waals surface area contributed by atoms with Gasteiger partial charge in [0.2, 0.25) is 0 Å². The summed E-state index contributed by atoms with van der Waals surface area (Å²) < 4.78 is 4.50. The number of aliphatic hydroxyl groups is 1. The van der Waals surface area contributed by atoms with E-state index in [0.717, 1.165) is 0 Å². The monoisotopic (exact) mass is 126 g/mol. The van der Waals surface area contributed by atoms with Crippen molar-refractivity contribution in [3.05, 3.63) is 0 Å². The van der Waals surface area contributed by atoms with Crippen LogP contribution in [0.15, 0.2) is 0 Å². The van der Waals surface area contributed by atoms with Gasteiger partial charge in [-0.2, -0.15) is 0 Å². The van der Waals surface area contributed by atoms with E-state index in [4.69, 9.17) is 11.5 Å². The van der Waals surface area contributed by atoms with Crippen LogP contribution in [0.25, 0.3) is 0 Å². The summed E-state index contributed by atoms with van der Waals surface area (Å²) in [5.41, 5.74) is 0. The minimum atomic E-state index is -0.803. The van der Waals surface area contributed by atoms with Crippen molar-refractivity contribution >= 4 is 5.97 Å². The second-order valence-corrected chi connectivity index (χ2v) is 1.85. The first-order chi connectivity index (χ1) is 4.24. The maximum atomic E-state index is 10.3. The molecule has 1 aliphatic rings. The molecule has 9 heavy (non-hydrogen) atoms. The van der Waals surface area contributed by atoms with Crippen LogP contribution in [-0.4, -0.2) is 23.3 Å². The number of esters is 1. The Balaban J connectivity index is 2.60. The van der Waals surface area contributed by atoms with Crippen molar-refractivity contribution in [2.75, 3.05) is 0 Å². The van der Waals surface area contributed by atoms with Gasteiger partial charge in [-0.05, 0) is 0 Å². The molecule has 0 spiro atoms. The third kappa shape index (κ3) is 1.03. The molecule has 0 saturated carbocycles. The van der Waals surface area contributed by atoms with Gasteiger partial charge >= 0.3 is 5.97 Å². The standard InChI is InChI=1S/C6H6O3/c1-2-5-4(7)3-6(8)9-5/h1,4-5,7H,3H2. The first kappa shape index (κ1) is 6.12. The highest BCUT2D eigenvalue weighted by molar-refractivity contribution is 5.73. The number of carbonyl (C=O) groups is 1. The Morgan fingerprint density at radius 1 is 1.89 bits per heavy atom. The topological polar surface area (TPSA) is 46.5 Å². The molecule has 1 rings (SSSR count). The number of carbonyl (C=O) groups excluding carboxylic acids is 1. The molecule has 0 aromatic heterocycles. The van der Waals surface area contributed by atoms with E-state index in [1.165, 1.54) is 0 Å². The number of ether oxygens (including phenoxy) is 1. The van der Waals surface area contributed by atoms with Gasteiger partial charge in [-0.25, -0.2) is 0 Å². The lowest BCUT2D eigenvalue weighted by Gasteiger charge is -2.02. The van der Waals surface area contributed by atoms with Crippen molar-refractivity contribution in [1.82, 2.24) is 0 Å². The molecule has 1 heterocycles. The zero-order chi connectivity index (χ0) is 6.85. The van der Waals surface area contributed by atoms with Crippen molar-refractivity contribution in [3.8, 4) is 12.3 Å². The van der Waals surface area contributed by atoms with Crippen LogP contribution in [0.1, 0.15) is 6.42 Å². The smallest absolute Gasteiger partial charge is 0.309 e. The summed E-state index contributed by atoms with van der Waals surface area (Å²) in [6.45, 7) is 0. The van der Waals surface area contributed by atoms with E-state index in [-0.39, 0.29) is 6.42 Å². The molecule has 2 atom stereocenters. The average molecular weight is 126 g/mol. The lowest BCUT2D eigenvalue weighted by atomic mass is 10.2. The molecular formula is C6H6O3. The van der Waals surface area contributed by atoms with Gasteiger partial charge in [-0.3, -0.25) is 4.79 Å². The minimum absolute atomic E-state index is 0.0227. The van der Waals surface area contributed by atoms with E-state index >= 15 is 0 Å². The van der Waals surface area contributed by atoms with Gasteiger partial charge in [0.05, 0.1) is 6.42 Å². The molecule has 0 aromatic carbocycles. The van der Waals surface area contributed by atoms with Gasteiger partial charge in [0.15, 0.2) is 6.10 Å². The van der Waals surface area contributed by atoms with E-state index in [0.29, 0.717) is 0 Å². The van der Waals surface area contributed by atoms with Crippen LogP contribution in [0.5, 0.6) is 0 Å². The third-order valence-corrected chi connectivity index (χ3v) is 1.15. The Bertz CT molecular complexity index is 168. The Hall–Kier alpha value is -1.01. The predicted octanol–water partition coefficient (Wildman–Crippen LogP) is -0.704. The number of hydrogen-bond acceptors (Lipinski definition) is 3. The second kappa shape index (κ2) is 2.08. The molecule has 3 nitrogen and oxygen atoms in total. The number of hydrogen-bond donors (Lipinski definition) is 1. The summed E-state index contributed by atoms with van der Waals surface area (Å²) in [6.07, 6.45) is 3.39. The summed E-state index contributed by atoms with van der Waals surface area (Å²) >= 11 is 0. The molecule has 0 amide bonds. The molecule has 0 aliphatic carbocycles. The molecule has 3 heteroatoms. The number of terminal acetylenes is 1. The fourth-order valence-corrected chi connectivity index (χ4v) is 0.691. The second-order valence-electron chi connectivity index (χ2n) is 1.85. The molecule has 48 valence electrons. The minimum Gasteiger partial charge on any atom is -0.446 e. The quantitative estimate of drug-likeness (QED) is 0.344. The normalized spacial score (nSPS) is 33.6. The van der Waals surface area contributed by atoms with Gasteiger partial charge < -0.3 is 9.84 Å². The first-order valence-corrected chi connectivity index (χ1v) is 2.57. The van der Waals surface area contributed by atoms with Gasteiger partial charge in [-0.1, -0.05) is 5.92 Å². The highest BCUT2D eigenvalue weighted by Gasteiger charge is 2.31. The van der Waals surface area contributed by atoms with Crippen molar-refractivity contribution in [3.63, 3.8) is 0 Å². The Kier molecular flexibility index (Phi) is 1.41. The van der Waals surface area contributed by atoms with E-state index in [9.17, 15) is 4.79 Å². The zero-order valence-electron chi connectivity index (χ0n) is 4.70. The van der Waals surface area contributed by atoms with Crippen LogP contribution in [0.4, 0.5) is 0 Å². The summed E-state index contributed by atoms with van der Waals surface area (Å²) in [5, 5.41) is 8.87. The van der Waals surface area contributed by atoms with E-state index in [1.807, 2.05) is 0 Å². The van der Waals surface area contributed by atoms with Crippen LogP contribution >= 0.6 is 0 Å². The Morgan fingerprint density at radius 2 is 2.56 bits per heavy atom. The summed E-state index contributed by atoms with van der Waals surface area (Å²) in [4.78, 5) is 10.3. The average Bonchev–Trinajstić information content (AvgIpc) is 2.10. The number of aliphatic hydroxyl groups excluding tert-OH is 1. The molecule has 0 aromatic rings. The highest BCUT2D eigenvalue weighted by Crippen LogP contribution is 2.12. The van der Waals surface area contributed by atoms with Gasteiger partial charge in [-0.15, -0.1) is 6.42 Å². The summed E-state index contributed by atoms with van der Waals surface area (Å²) in [6, 6.07) is 0. The molecule has 1 N–H and O–H groups in total. The Morgan fingerprint density at radius 3 is 2.78 bits per heavy atom. The predicted molar refractivity (Wildman–Crippen MR) is 29.3 cm³/mol. The van der Waals surface area contributed by atoms with Crippen molar-refractivity contribution < 1.29 is 14.6 Å². The van der Waals surface area contributed by atoms with E-state index < -0.39 is 18.2 Å². The van der Waals surface area contributed by atoms with Crippen molar-refractivity contribution in [2.24, 2.45) is 0 Å². The first-order valence-electron chi connectivity index (χ1n) is 2.57. The molecule has 1 fully saturated rings. The summed E-state index contributed by atoms with van der Waals surface area (Å²) in [5.74, 6) is 1.73. The largest absolute Gasteiger partial charge is 0.446 e. The highest BCUT2D eigenvalue weighted by atomic mass is 16.6. The number of rotatable bonds is 0. The van der Waals surface area contributed by atoms with E-state index in [2.05, 4.69) is 10.7 Å². The molecule has 1 aliphatic heterocycles. The summed E-state index contributed by atoms with van der Waals surface area (Å²) in [7, 11) is 0. The lowest BCUT2D eigenvalue weighted by molar-refractivity contribution is -0.139. The van der Waals surface area contributed by atoms with Crippen LogP contribution in [0.2, 0.25) is 0 Å².